The van der Waals surface area contributed by atoms with Crippen molar-refractivity contribution in [3.63, 3.8) is 0 Å². The first-order valence-electron chi connectivity index (χ1n) is 4.71. The predicted molar refractivity (Wildman–Crippen MR) is 44.7 cm³/mol. The average molecular weight is 166 g/mol. The van der Waals surface area contributed by atoms with Crippen LogP contribution in [0.5, 0.6) is 0 Å². The van der Waals surface area contributed by atoms with E-state index in [0.717, 1.165) is 44.8 Å². The van der Waals surface area contributed by atoms with E-state index in [0.29, 0.717) is 11.2 Å². The van der Waals surface area contributed by atoms with Crippen molar-refractivity contribution in [1.82, 2.24) is 0 Å². The first-order valence-corrected chi connectivity index (χ1v) is 4.71. The van der Waals surface area contributed by atoms with Crippen LogP contribution in [0.3, 0.4) is 0 Å². The summed E-state index contributed by atoms with van der Waals surface area (Å²) in [4.78, 5) is 21.3. The third-order valence-corrected chi connectivity index (χ3v) is 3.43. The van der Waals surface area contributed by atoms with Gasteiger partial charge in [0.1, 0.15) is 12.1 Å². The summed E-state index contributed by atoms with van der Waals surface area (Å²) in [6, 6.07) is 0. The van der Waals surface area contributed by atoms with E-state index in [1.807, 2.05) is 0 Å². The molecule has 2 fully saturated rings. The predicted octanol–water partition coefficient (Wildman–Crippen LogP) is 1.72. The molecule has 2 saturated carbocycles. The molecule has 2 aliphatic carbocycles. The molecule has 2 rings (SSSR count). The van der Waals surface area contributed by atoms with Gasteiger partial charge in [-0.25, -0.2) is 0 Å². The number of carbonyl (C=O) groups is 2. The van der Waals surface area contributed by atoms with Crippen molar-refractivity contribution in [3.05, 3.63) is 0 Å². The summed E-state index contributed by atoms with van der Waals surface area (Å²) in [6.45, 7) is 0. The van der Waals surface area contributed by atoms with Gasteiger partial charge in [-0.2, -0.15) is 0 Å². The quantitative estimate of drug-likeness (QED) is 0.556. The molecule has 0 aliphatic heterocycles. The molecular formula is C10H14O2. The van der Waals surface area contributed by atoms with Crippen LogP contribution in [0.25, 0.3) is 0 Å². The number of hydrogen-bond donors (Lipinski definition) is 0. The second kappa shape index (κ2) is 2.68. The first-order chi connectivity index (χ1) is 5.74. The Morgan fingerprint density at radius 1 is 1.25 bits per heavy atom. The molecule has 12 heavy (non-hydrogen) atoms. The molecule has 0 radical (unpaired) electrons. The van der Waals surface area contributed by atoms with E-state index >= 15 is 0 Å². The molecule has 0 unspecified atom stereocenters. The smallest absolute Gasteiger partial charge is 0.134 e. The van der Waals surface area contributed by atoms with Gasteiger partial charge >= 0.3 is 0 Å². The number of Topliss-reactive ketones (excluding diaryl/α,β-unsaturated/α-hetero) is 1. The van der Waals surface area contributed by atoms with Crippen LogP contribution < -0.4 is 0 Å². The van der Waals surface area contributed by atoms with Crippen LogP contribution in [-0.2, 0) is 9.59 Å². The van der Waals surface area contributed by atoms with Crippen LogP contribution in [-0.4, -0.2) is 12.1 Å². The van der Waals surface area contributed by atoms with Crippen LogP contribution in [0, 0.1) is 11.3 Å². The third kappa shape index (κ3) is 1.19. The second-order valence-electron chi connectivity index (χ2n) is 4.37. The van der Waals surface area contributed by atoms with Gasteiger partial charge in [-0.15, -0.1) is 0 Å². The molecule has 1 spiro atoms. The van der Waals surface area contributed by atoms with Gasteiger partial charge in [-0.05, 0) is 31.1 Å². The molecule has 0 amide bonds. The molecule has 0 aromatic heterocycles. The summed E-state index contributed by atoms with van der Waals surface area (Å²) in [6.07, 6.45) is 6.88. The highest BCUT2D eigenvalue weighted by Gasteiger charge is 2.45. The number of ketones is 1. The number of carbonyl (C=O) groups excluding carboxylic acids is 2. The number of hydrogen-bond acceptors (Lipinski definition) is 2. The van der Waals surface area contributed by atoms with Crippen molar-refractivity contribution in [3.8, 4) is 0 Å². The van der Waals surface area contributed by atoms with Gasteiger partial charge in [0.05, 0.1) is 0 Å². The lowest BCUT2D eigenvalue weighted by Gasteiger charge is -2.44. The van der Waals surface area contributed by atoms with Crippen LogP contribution in [0.2, 0.25) is 0 Å². The highest BCUT2D eigenvalue weighted by atomic mass is 16.1. The molecule has 66 valence electrons. The fourth-order valence-corrected chi connectivity index (χ4v) is 2.53. The Labute approximate surface area is 72.3 Å². The Balaban J connectivity index is 1.90. The van der Waals surface area contributed by atoms with Crippen LogP contribution in [0.4, 0.5) is 0 Å². The molecular weight excluding hydrogens is 152 g/mol. The molecule has 2 nitrogen and oxygen atoms in total. The van der Waals surface area contributed by atoms with Crippen molar-refractivity contribution in [2.45, 2.75) is 38.5 Å². The first kappa shape index (κ1) is 7.96. The second-order valence-corrected chi connectivity index (χ2v) is 4.37. The Morgan fingerprint density at radius 2 is 1.83 bits per heavy atom. The lowest BCUT2D eigenvalue weighted by Crippen LogP contribution is -2.40. The molecule has 0 atom stereocenters. The topological polar surface area (TPSA) is 34.1 Å². The van der Waals surface area contributed by atoms with Gasteiger partial charge in [0.2, 0.25) is 0 Å². The third-order valence-electron chi connectivity index (χ3n) is 3.43. The van der Waals surface area contributed by atoms with Gasteiger partial charge in [0.25, 0.3) is 0 Å². The Bertz CT molecular complexity index is 202. The van der Waals surface area contributed by atoms with E-state index in [4.69, 9.17) is 0 Å². The van der Waals surface area contributed by atoms with Gasteiger partial charge in [0, 0.05) is 18.8 Å². The molecule has 2 heteroatoms. The molecule has 0 aromatic carbocycles. The number of rotatable bonds is 1. The standard InChI is InChI=1S/C10H14O2/c11-7-8-1-3-10(4-2-8)5-9(12)6-10/h7-8H,1-6H2. The molecule has 0 aromatic rings. The van der Waals surface area contributed by atoms with E-state index in [2.05, 4.69) is 0 Å². The van der Waals surface area contributed by atoms with Crippen molar-refractivity contribution in [2.24, 2.45) is 11.3 Å². The van der Waals surface area contributed by atoms with Crippen LogP contribution >= 0.6 is 0 Å². The summed E-state index contributed by atoms with van der Waals surface area (Å²) in [7, 11) is 0. The summed E-state index contributed by atoms with van der Waals surface area (Å²) >= 11 is 0. The van der Waals surface area contributed by atoms with E-state index < -0.39 is 0 Å². The zero-order valence-corrected chi connectivity index (χ0v) is 7.21. The largest absolute Gasteiger partial charge is 0.303 e. The van der Waals surface area contributed by atoms with E-state index in [1.165, 1.54) is 0 Å². The molecule has 0 heterocycles. The normalized spacial score (nSPS) is 28.5. The average Bonchev–Trinajstić information content (AvgIpc) is 2.04. The Morgan fingerprint density at radius 3 is 2.25 bits per heavy atom. The minimum atomic E-state index is 0.284. The zero-order valence-electron chi connectivity index (χ0n) is 7.21. The minimum absolute atomic E-state index is 0.284. The maximum atomic E-state index is 10.9. The Kier molecular flexibility index (Phi) is 1.78. The van der Waals surface area contributed by atoms with Crippen molar-refractivity contribution >= 4 is 12.1 Å². The maximum absolute atomic E-state index is 10.9. The number of aldehydes is 1. The van der Waals surface area contributed by atoms with Gasteiger partial charge in [-0.1, -0.05) is 0 Å². The molecule has 2 aliphatic rings. The summed E-state index contributed by atoms with van der Waals surface area (Å²) in [5.74, 6) is 0.700. The van der Waals surface area contributed by atoms with Gasteiger partial charge in [0.15, 0.2) is 0 Å². The summed E-state index contributed by atoms with van der Waals surface area (Å²) < 4.78 is 0. The van der Waals surface area contributed by atoms with Gasteiger partial charge < -0.3 is 4.79 Å². The van der Waals surface area contributed by atoms with Crippen molar-refractivity contribution in [1.29, 1.82) is 0 Å². The van der Waals surface area contributed by atoms with Crippen LogP contribution in [0.15, 0.2) is 0 Å². The Hall–Kier alpha value is -0.660. The SMILES string of the molecule is O=CC1CCC2(CC1)CC(=O)C2. The molecule has 0 N–H and O–H groups in total. The monoisotopic (exact) mass is 166 g/mol. The lowest BCUT2D eigenvalue weighted by molar-refractivity contribution is -0.135. The zero-order chi connectivity index (χ0) is 8.60. The fraction of sp³-hybridized carbons (Fsp3) is 0.800. The summed E-state index contributed by atoms with van der Waals surface area (Å²) in [5.41, 5.74) is 0.344. The van der Waals surface area contributed by atoms with E-state index in [1.54, 1.807) is 0 Å². The van der Waals surface area contributed by atoms with Crippen molar-refractivity contribution in [2.75, 3.05) is 0 Å². The maximum Gasteiger partial charge on any atom is 0.134 e. The summed E-state index contributed by atoms with van der Waals surface area (Å²) in [5, 5.41) is 0. The van der Waals surface area contributed by atoms with E-state index in [-0.39, 0.29) is 5.92 Å². The molecule has 0 saturated heterocycles. The van der Waals surface area contributed by atoms with Gasteiger partial charge in [-0.3, -0.25) is 4.79 Å². The highest BCUT2D eigenvalue weighted by Crippen LogP contribution is 2.50. The molecule has 0 bridgehead atoms. The van der Waals surface area contributed by atoms with Crippen LogP contribution in [0.1, 0.15) is 38.5 Å². The van der Waals surface area contributed by atoms with Crippen molar-refractivity contribution < 1.29 is 9.59 Å². The minimum Gasteiger partial charge on any atom is -0.303 e. The fourth-order valence-electron chi connectivity index (χ4n) is 2.53. The lowest BCUT2D eigenvalue weighted by atomic mass is 9.59. The van der Waals surface area contributed by atoms with E-state index in [9.17, 15) is 9.59 Å². The highest BCUT2D eigenvalue weighted by molar-refractivity contribution is 5.86.